The van der Waals surface area contributed by atoms with Crippen LogP contribution in [-0.2, 0) is 4.79 Å². The molecule has 0 bridgehead atoms. The molecule has 0 aromatic carbocycles. The molecule has 0 aliphatic carbocycles. The zero-order valence-corrected chi connectivity index (χ0v) is 13.9. The van der Waals surface area contributed by atoms with Crippen molar-refractivity contribution in [2.75, 3.05) is 13.1 Å². The van der Waals surface area contributed by atoms with Crippen molar-refractivity contribution >= 4 is 11.9 Å². The van der Waals surface area contributed by atoms with E-state index in [1.807, 2.05) is 0 Å². The Morgan fingerprint density at radius 1 is 1.10 bits per heavy atom. The SMILES string of the molecule is CCCCCCCC(C)CC(=O)NCCCCN=C(N)N. The van der Waals surface area contributed by atoms with E-state index < -0.39 is 0 Å². The average molecular weight is 298 g/mol. The van der Waals surface area contributed by atoms with Gasteiger partial charge < -0.3 is 16.8 Å². The molecule has 0 saturated heterocycles. The van der Waals surface area contributed by atoms with Crippen LogP contribution in [0.25, 0.3) is 0 Å². The maximum absolute atomic E-state index is 11.8. The van der Waals surface area contributed by atoms with E-state index in [1.165, 1.54) is 32.1 Å². The summed E-state index contributed by atoms with van der Waals surface area (Å²) in [6.07, 6.45) is 10.1. The summed E-state index contributed by atoms with van der Waals surface area (Å²) in [5.74, 6) is 0.776. The zero-order chi connectivity index (χ0) is 15.9. The van der Waals surface area contributed by atoms with Gasteiger partial charge >= 0.3 is 0 Å². The summed E-state index contributed by atoms with van der Waals surface area (Å²) in [6, 6.07) is 0. The summed E-state index contributed by atoms with van der Waals surface area (Å²) in [6.45, 7) is 5.73. The summed E-state index contributed by atoms with van der Waals surface area (Å²) in [7, 11) is 0. The van der Waals surface area contributed by atoms with Crippen molar-refractivity contribution < 1.29 is 4.79 Å². The fourth-order valence-corrected chi connectivity index (χ4v) is 2.26. The molecule has 0 aromatic heterocycles. The number of nitrogens with zero attached hydrogens (tertiary/aromatic N) is 1. The van der Waals surface area contributed by atoms with Crippen LogP contribution in [0.5, 0.6) is 0 Å². The minimum Gasteiger partial charge on any atom is -0.370 e. The summed E-state index contributed by atoms with van der Waals surface area (Å²) >= 11 is 0. The van der Waals surface area contributed by atoms with E-state index in [0.717, 1.165) is 19.3 Å². The van der Waals surface area contributed by atoms with Gasteiger partial charge in [-0.05, 0) is 18.8 Å². The first-order valence-corrected chi connectivity index (χ1v) is 8.38. The maximum Gasteiger partial charge on any atom is 0.220 e. The number of carbonyl (C=O) groups excluding carboxylic acids is 1. The largest absolute Gasteiger partial charge is 0.370 e. The first-order chi connectivity index (χ1) is 10.1. The quantitative estimate of drug-likeness (QED) is 0.277. The number of hydrogen-bond donors (Lipinski definition) is 3. The fraction of sp³-hybridized carbons (Fsp3) is 0.875. The lowest BCUT2D eigenvalue weighted by Gasteiger charge is -2.11. The molecule has 0 spiro atoms. The molecule has 1 unspecified atom stereocenters. The zero-order valence-electron chi connectivity index (χ0n) is 13.9. The molecule has 5 heteroatoms. The molecule has 0 fully saturated rings. The van der Waals surface area contributed by atoms with Gasteiger partial charge in [-0.25, -0.2) is 0 Å². The van der Waals surface area contributed by atoms with E-state index in [2.05, 4.69) is 24.2 Å². The topological polar surface area (TPSA) is 93.5 Å². The van der Waals surface area contributed by atoms with Gasteiger partial charge in [-0.3, -0.25) is 9.79 Å². The van der Waals surface area contributed by atoms with Crippen LogP contribution in [0.2, 0.25) is 0 Å². The third-order valence-corrected chi connectivity index (χ3v) is 3.54. The molecule has 5 N–H and O–H groups in total. The smallest absolute Gasteiger partial charge is 0.220 e. The Bertz CT molecular complexity index is 288. The molecule has 124 valence electrons. The Balaban J connectivity index is 3.45. The molecule has 5 nitrogen and oxygen atoms in total. The molecule has 0 rings (SSSR count). The van der Waals surface area contributed by atoms with Crippen LogP contribution in [0.1, 0.15) is 71.6 Å². The highest BCUT2D eigenvalue weighted by Crippen LogP contribution is 2.14. The molecule has 0 aliphatic rings. The Hall–Kier alpha value is -1.26. The Labute approximate surface area is 129 Å². The fourth-order valence-electron chi connectivity index (χ4n) is 2.26. The van der Waals surface area contributed by atoms with Crippen molar-refractivity contribution in [3.05, 3.63) is 0 Å². The van der Waals surface area contributed by atoms with Gasteiger partial charge in [-0.1, -0.05) is 52.4 Å². The van der Waals surface area contributed by atoms with Crippen molar-refractivity contribution in [1.82, 2.24) is 5.32 Å². The van der Waals surface area contributed by atoms with Crippen molar-refractivity contribution in [1.29, 1.82) is 0 Å². The number of amides is 1. The summed E-state index contributed by atoms with van der Waals surface area (Å²) < 4.78 is 0. The molecule has 0 radical (unpaired) electrons. The van der Waals surface area contributed by atoms with Crippen LogP contribution < -0.4 is 16.8 Å². The van der Waals surface area contributed by atoms with Gasteiger partial charge in [0.15, 0.2) is 5.96 Å². The average Bonchev–Trinajstić information content (AvgIpc) is 2.42. The van der Waals surface area contributed by atoms with Crippen molar-refractivity contribution in [2.24, 2.45) is 22.4 Å². The number of aliphatic imine (C=N–C) groups is 1. The predicted molar refractivity (Wildman–Crippen MR) is 90.1 cm³/mol. The minimum atomic E-state index is 0.131. The first-order valence-electron chi connectivity index (χ1n) is 8.38. The third kappa shape index (κ3) is 15.0. The van der Waals surface area contributed by atoms with Crippen LogP contribution in [-0.4, -0.2) is 25.0 Å². The van der Waals surface area contributed by atoms with E-state index in [4.69, 9.17) is 11.5 Å². The number of nitrogens with two attached hydrogens (primary N) is 2. The van der Waals surface area contributed by atoms with E-state index in [0.29, 0.717) is 25.4 Å². The molecular formula is C16H34N4O. The van der Waals surface area contributed by atoms with Crippen LogP contribution >= 0.6 is 0 Å². The summed E-state index contributed by atoms with van der Waals surface area (Å²) in [4.78, 5) is 15.7. The van der Waals surface area contributed by atoms with Crippen molar-refractivity contribution in [3.63, 3.8) is 0 Å². The number of rotatable bonds is 13. The Morgan fingerprint density at radius 2 is 1.81 bits per heavy atom. The van der Waals surface area contributed by atoms with Gasteiger partial charge in [-0.2, -0.15) is 0 Å². The van der Waals surface area contributed by atoms with Gasteiger partial charge in [0.2, 0.25) is 5.91 Å². The number of carbonyl (C=O) groups is 1. The molecule has 0 aliphatic heterocycles. The standard InChI is InChI=1S/C16H34N4O/c1-3-4-5-6-7-10-14(2)13-15(21)19-11-8-9-12-20-16(17)18/h14H,3-13H2,1-2H3,(H,19,21)(H4,17,18,20). The lowest BCUT2D eigenvalue weighted by Crippen LogP contribution is -2.26. The maximum atomic E-state index is 11.8. The van der Waals surface area contributed by atoms with E-state index in [1.54, 1.807) is 0 Å². The van der Waals surface area contributed by atoms with Crippen LogP contribution in [0.15, 0.2) is 4.99 Å². The van der Waals surface area contributed by atoms with E-state index in [-0.39, 0.29) is 11.9 Å². The number of unbranched alkanes of at least 4 members (excludes halogenated alkanes) is 5. The van der Waals surface area contributed by atoms with Gasteiger partial charge in [0, 0.05) is 19.5 Å². The number of guanidine groups is 1. The van der Waals surface area contributed by atoms with Gasteiger partial charge in [0.05, 0.1) is 0 Å². The van der Waals surface area contributed by atoms with Crippen molar-refractivity contribution in [3.8, 4) is 0 Å². The Morgan fingerprint density at radius 3 is 2.48 bits per heavy atom. The van der Waals surface area contributed by atoms with Crippen LogP contribution in [0.3, 0.4) is 0 Å². The van der Waals surface area contributed by atoms with Crippen LogP contribution in [0.4, 0.5) is 0 Å². The molecule has 0 saturated carbocycles. The second-order valence-corrected chi connectivity index (χ2v) is 5.88. The Kier molecular flexibility index (Phi) is 12.9. The van der Waals surface area contributed by atoms with Gasteiger partial charge in [0.25, 0.3) is 0 Å². The third-order valence-electron chi connectivity index (χ3n) is 3.54. The summed E-state index contributed by atoms with van der Waals surface area (Å²) in [5, 5.41) is 2.96. The van der Waals surface area contributed by atoms with Crippen LogP contribution in [0, 0.1) is 5.92 Å². The molecular weight excluding hydrogens is 264 g/mol. The summed E-state index contributed by atoms with van der Waals surface area (Å²) in [5.41, 5.74) is 10.5. The normalized spacial score (nSPS) is 11.9. The number of nitrogens with one attached hydrogen (secondary N) is 1. The molecule has 1 atom stereocenters. The highest BCUT2D eigenvalue weighted by atomic mass is 16.1. The van der Waals surface area contributed by atoms with E-state index >= 15 is 0 Å². The van der Waals surface area contributed by atoms with Gasteiger partial charge in [-0.15, -0.1) is 0 Å². The van der Waals surface area contributed by atoms with Crippen molar-refractivity contribution in [2.45, 2.75) is 71.6 Å². The predicted octanol–water partition coefficient (Wildman–Crippen LogP) is 2.54. The highest BCUT2D eigenvalue weighted by Gasteiger charge is 2.08. The monoisotopic (exact) mass is 298 g/mol. The first kappa shape index (κ1) is 19.7. The second kappa shape index (κ2) is 13.7. The van der Waals surface area contributed by atoms with Gasteiger partial charge in [0.1, 0.15) is 0 Å². The lowest BCUT2D eigenvalue weighted by molar-refractivity contribution is -0.121. The molecule has 0 aromatic rings. The highest BCUT2D eigenvalue weighted by molar-refractivity contribution is 5.76. The number of hydrogen-bond acceptors (Lipinski definition) is 2. The minimum absolute atomic E-state index is 0.131. The molecule has 1 amide bonds. The molecule has 21 heavy (non-hydrogen) atoms. The van der Waals surface area contributed by atoms with E-state index in [9.17, 15) is 4.79 Å². The lowest BCUT2D eigenvalue weighted by atomic mass is 9.99. The second-order valence-electron chi connectivity index (χ2n) is 5.88. The molecule has 0 heterocycles.